The Kier molecular flexibility index (Phi) is 7.53. The van der Waals surface area contributed by atoms with E-state index in [4.69, 9.17) is 14.8 Å². The van der Waals surface area contributed by atoms with Crippen LogP contribution in [0.15, 0.2) is 24.3 Å². The molecular formula is C29H34N4O4. The molecule has 1 amide bonds. The summed E-state index contributed by atoms with van der Waals surface area (Å²) in [5, 5.41) is 13.6. The van der Waals surface area contributed by atoms with Gasteiger partial charge in [-0.3, -0.25) is 19.2 Å². The summed E-state index contributed by atoms with van der Waals surface area (Å²) in [7, 11) is 1.80. The standard InChI is InChI=1S/C27H28N4O4.C2H6/c1-5-6-24(32)31(22-12-16(3)15(2)11-20(22)17-7-8-17)23-10-9-21-25(28-23)26(29-30(21)4)35-19-13-18(14-19)27(33)34;1-2/h9-12,17-19H,7-8,13-14H2,1-4H3,(H,33,34);1-2H3. The van der Waals surface area contributed by atoms with Crippen LogP contribution in [-0.2, 0) is 16.6 Å². The highest BCUT2D eigenvalue weighted by atomic mass is 16.5. The smallest absolute Gasteiger partial charge is 0.308 e. The first-order valence-corrected chi connectivity index (χ1v) is 12.9. The number of aliphatic carboxylic acids is 1. The second kappa shape index (κ2) is 10.6. The number of fused-ring (bicyclic) bond motifs is 1. The molecule has 0 saturated heterocycles. The molecule has 8 heteroatoms. The van der Waals surface area contributed by atoms with Gasteiger partial charge in [0, 0.05) is 7.05 Å². The van der Waals surface area contributed by atoms with Crippen molar-refractivity contribution < 1.29 is 19.4 Å². The van der Waals surface area contributed by atoms with E-state index in [2.05, 4.69) is 29.9 Å². The SMILES string of the molecule is CC.CC#CC(=O)N(c1ccc2c(n1)c(OC1CC(C(=O)O)C1)nn2C)c1cc(C)c(C)cc1C1CC1. The highest BCUT2D eigenvalue weighted by Crippen LogP contribution is 2.46. The molecule has 2 aliphatic carbocycles. The van der Waals surface area contributed by atoms with Gasteiger partial charge in [0.05, 0.1) is 17.1 Å². The Labute approximate surface area is 217 Å². The van der Waals surface area contributed by atoms with Crippen LogP contribution in [0.4, 0.5) is 11.5 Å². The zero-order chi connectivity index (χ0) is 26.9. The third-order valence-corrected chi connectivity index (χ3v) is 6.94. The van der Waals surface area contributed by atoms with Gasteiger partial charge in [-0.25, -0.2) is 4.98 Å². The Bertz CT molecular complexity index is 1400. The monoisotopic (exact) mass is 502 g/mol. The Hall–Kier alpha value is -3.86. The minimum atomic E-state index is -0.804. The number of carboxylic acids is 1. The number of nitrogens with zero attached hydrogens (tertiary/aromatic N) is 4. The molecule has 2 fully saturated rings. The van der Waals surface area contributed by atoms with Crippen molar-refractivity contribution in [1.82, 2.24) is 14.8 Å². The second-order valence-electron chi connectivity index (χ2n) is 9.50. The Morgan fingerprint density at radius 3 is 2.43 bits per heavy atom. The predicted octanol–water partition coefficient (Wildman–Crippen LogP) is 5.42. The van der Waals surface area contributed by atoms with Crippen LogP contribution < -0.4 is 9.64 Å². The number of hydrogen-bond acceptors (Lipinski definition) is 5. The molecule has 194 valence electrons. The zero-order valence-electron chi connectivity index (χ0n) is 22.3. The number of hydrogen-bond donors (Lipinski definition) is 1. The third-order valence-electron chi connectivity index (χ3n) is 6.94. The number of pyridine rings is 1. The maximum atomic E-state index is 13.3. The molecule has 3 aromatic rings. The molecule has 1 aromatic carbocycles. The molecule has 2 aromatic heterocycles. The molecule has 0 aliphatic heterocycles. The van der Waals surface area contributed by atoms with E-state index < -0.39 is 5.97 Å². The van der Waals surface area contributed by atoms with Gasteiger partial charge in [0.15, 0.2) is 5.52 Å². The van der Waals surface area contributed by atoms with E-state index in [1.165, 1.54) is 5.56 Å². The van der Waals surface area contributed by atoms with Gasteiger partial charge in [0.1, 0.15) is 11.9 Å². The maximum Gasteiger partial charge on any atom is 0.308 e. The van der Waals surface area contributed by atoms with Crippen molar-refractivity contribution in [1.29, 1.82) is 0 Å². The number of amides is 1. The molecule has 1 N–H and O–H groups in total. The van der Waals surface area contributed by atoms with Crippen LogP contribution in [0.1, 0.15) is 69.1 Å². The Balaban J connectivity index is 0.00000156. The summed E-state index contributed by atoms with van der Waals surface area (Å²) in [6.45, 7) is 9.77. The first-order valence-electron chi connectivity index (χ1n) is 12.9. The van der Waals surface area contributed by atoms with E-state index in [0.717, 1.165) is 35.2 Å². The summed E-state index contributed by atoms with van der Waals surface area (Å²) >= 11 is 0. The zero-order valence-corrected chi connectivity index (χ0v) is 22.3. The lowest BCUT2D eigenvalue weighted by atomic mass is 9.82. The van der Waals surface area contributed by atoms with Crippen molar-refractivity contribution in [2.45, 2.75) is 72.3 Å². The number of aromatic nitrogens is 3. The van der Waals surface area contributed by atoms with Crippen molar-refractivity contribution in [2.24, 2.45) is 13.0 Å². The summed E-state index contributed by atoms with van der Waals surface area (Å²) in [4.78, 5) is 30.9. The summed E-state index contributed by atoms with van der Waals surface area (Å²) in [6.07, 6.45) is 2.87. The van der Waals surface area contributed by atoms with Crippen LogP contribution in [0.5, 0.6) is 5.88 Å². The number of carbonyl (C=O) groups is 2. The fourth-order valence-electron chi connectivity index (χ4n) is 4.56. The molecule has 37 heavy (non-hydrogen) atoms. The molecule has 0 unspecified atom stereocenters. The van der Waals surface area contributed by atoms with E-state index in [1.807, 2.05) is 32.9 Å². The number of rotatable bonds is 6. The van der Waals surface area contributed by atoms with E-state index in [1.54, 1.807) is 29.6 Å². The molecule has 0 atom stereocenters. The fourth-order valence-corrected chi connectivity index (χ4v) is 4.56. The average molecular weight is 503 g/mol. The largest absolute Gasteiger partial charge is 0.481 e. The molecule has 5 rings (SSSR count). The predicted molar refractivity (Wildman–Crippen MR) is 143 cm³/mol. The highest BCUT2D eigenvalue weighted by Gasteiger charge is 2.37. The number of carbonyl (C=O) groups excluding carboxylic acids is 1. The summed E-state index contributed by atoms with van der Waals surface area (Å²) in [6, 6.07) is 7.90. The summed E-state index contributed by atoms with van der Waals surface area (Å²) in [5.74, 6) is 5.10. The summed E-state index contributed by atoms with van der Waals surface area (Å²) in [5.41, 5.74) is 5.52. The Morgan fingerprint density at radius 1 is 1.14 bits per heavy atom. The van der Waals surface area contributed by atoms with Gasteiger partial charge in [0.2, 0.25) is 0 Å². The second-order valence-corrected chi connectivity index (χ2v) is 9.50. The van der Waals surface area contributed by atoms with Gasteiger partial charge < -0.3 is 9.84 Å². The van der Waals surface area contributed by atoms with Crippen molar-refractivity contribution in [3.8, 4) is 17.7 Å². The quantitative estimate of drug-likeness (QED) is 0.452. The fraction of sp³-hybridized carbons (Fsp3) is 0.448. The van der Waals surface area contributed by atoms with Crippen LogP contribution >= 0.6 is 0 Å². The van der Waals surface area contributed by atoms with Crippen LogP contribution in [0.3, 0.4) is 0 Å². The molecule has 2 heterocycles. The molecule has 2 aliphatic rings. The molecule has 2 saturated carbocycles. The number of aryl methyl sites for hydroxylation is 3. The van der Waals surface area contributed by atoms with Crippen LogP contribution in [-0.4, -0.2) is 37.9 Å². The van der Waals surface area contributed by atoms with Crippen LogP contribution in [0.2, 0.25) is 0 Å². The van der Waals surface area contributed by atoms with Crippen molar-refractivity contribution in [3.63, 3.8) is 0 Å². The van der Waals surface area contributed by atoms with Gasteiger partial charge >= 0.3 is 11.9 Å². The topological polar surface area (TPSA) is 97.6 Å². The maximum absolute atomic E-state index is 13.3. The molecule has 0 radical (unpaired) electrons. The average Bonchev–Trinajstić information content (AvgIpc) is 3.64. The van der Waals surface area contributed by atoms with Gasteiger partial charge in [0.25, 0.3) is 5.88 Å². The molecule has 0 bridgehead atoms. The lowest BCUT2D eigenvalue weighted by molar-refractivity contribution is -0.148. The van der Waals surface area contributed by atoms with E-state index in [9.17, 15) is 9.59 Å². The molecular weight excluding hydrogens is 468 g/mol. The van der Waals surface area contributed by atoms with Crippen molar-refractivity contribution in [2.75, 3.05) is 4.90 Å². The Morgan fingerprint density at radius 2 is 1.81 bits per heavy atom. The van der Waals surface area contributed by atoms with Crippen molar-refractivity contribution >= 4 is 34.4 Å². The molecule has 0 spiro atoms. The number of carboxylic acid groups (broad SMARTS) is 1. The van der Waals surface area contributed by atoms with Gasteiger partial charge in [-0.1, -0.05) is 25.8 Å². The lowest BCUT2D eigenvalue weighted by Gasteiger charge is -2.31. The van der Waals surface area contributed by atoms with Crippen LogP contribution in [0, 0.1) is 31.6 Å². The normalized spacial score (nSPS) is 18.1. The first kappa shape index (κ1) is 26.2. The lowest BCUT2D eigenvalue weighted by Crippen LogP contribution is -2.38. The minimum Gasteiger partial charge on any atom is -0.481 e. The highest BCUT2D eigenvalue weighted by molar-refractivity contribution is 6.11. The van der Waals surface area contributed by atoms with Gasteiger partial charge in [-0.15, -0.1) is 5.10 Å². The van der Waals surface area contributed by atoms with E-state index in [-0.39, 0.29) is 17.9 Å². The summed E-state index contributed by atoms with van der Waals surface area (Å²) < 4.78 is 7.71. The number of ether oxygens (including phenoxy) is 1. The number of anilines is 2. The molecule has 8 nitrogen and oxygen atoms in total. The minimum absolute atomic E-state index is 0.218. The van der Waals surface area contributed by atoms with E-state index >= 15 is 0 Å². The first-order chi connectivity index (χ1) is 17.8. The van der Waals surface area contributed by atoms with Crippen molar-refractivity contribution in [3.05, 3.63) is 41.0 Å². The number of benzene rings is 1. The third kappa shape index (κ3) is 5.17. The van der Waals surface area contributed by atoms with E-state index in [0.29, 0.717) is 36.0 Å². The van der Waals surface area contributed by atoms with Gasteiger partial charge in [-0.05, 0) is 93.2 Å². The van der Waals surface area contributed by atoms with Gasteiger partial charge in [-0.2, -0.15) is 0 Å². The van der Waals surface area contributed by atoms with Crippen LogP contribution in [0.25, 0.3) is 11.0 Å².